The minimum atomic E-state index is -4.85. The lowest BCUT2D eigenvalue weighted by molar-refractivity contribution is -0.261. The van der Waals surface area contributed by atoms with Crippen LogP contribution in [0.5, 0.6) is 0 Å². The third-order valence-corrected chi connectivity index (χ3v) is 1.83. The Kier molecular flexibility index (Phi) is 4.48. The topological polar surface area (TPSA) is 46.5 Å². The third-order valence-electron chi connectivity index (χ3n) is 1.83. The summed E-state index contributed by atoms with van der Waals surface area (Å²) >= 11 is 0. The monoisotopic (exact) mass is 244 g/mol. The van der Waals surface area contributed by atoms with Gasteiger partial charge in [0.05, 0.1) is 0 Å². The average Bonchev–Trinajstić information content (AvgIpc) is 1.99. The zero-order valence-electron chi connectivity index (χ0n) is 8.77. The fraction of sp³-hybridized carbons (Fsp3) is 0.667. The highest BCUT2D eigenvalue weighted by Gasteiger charge is 2.50. The molecule has 0 fully saturated rings. The van der Waals surface area contributed by atoms with Crippen LogP contribution in [0.25, 0.3) is 0 Å². The van der Waals surface area contributed by atoms with Crippen LogP contribution in [0.4, 0.5) is 17.6 Å². The lowest BCUT2D eigenvalue weighted by Gasteiger charge is -2.28. The quantitative estimate of drug-likeness (QED) is 0.468. The molecule has 16 heavy (non-hydrogen) atoms. The van der Waals surface area contributed by atoms with E-state index in [1.807, 2.05) is 0 Å². The zero-order chi connectivity index (χ0) is 13.1. The largest absolute Gasteiger partial charge is 0.457 e. The summed E-state index contributed by atoms with van der Waals surface area (Å²) in [4.78, 5) is 10.6. The molecule has 2 unspecified atom stereocenters. The van der Waals surface area contributed by atoms with E-state index in [4.69, 9.17) is 5.11 Å². The van der Waals surface area contributed by atoms with Crippen LogP contribution < -0.4 is 0 Å². The predicted octanol–water partition coefficient (Wildman–Crippen LogP) is 2.10. The van der Waals surface area contributed by atoms with Crippen molar-refractivity contribution in [3.63, 3.8) is 0 Å². The van der Waals surface area contributed by atoms with E-state index in [1.165, 1.54) is 0 Å². The standard InChI is InChI=1S/C9H12F4O3/c1-5(16-7(14)6(2)10)4-8(3,15)9(11,12)13/h5,15H,2,4H2,1,3H3. The summed E-state index contributed by atoms with van der Waals surface area (Å²) in [5, 5.41) is 9.04. The molecule has 0 aliphatic rings. The van der Waals surface area contributed by atoms with Crippen LogP contribution in [0, 0.1) is 0 Å². The number of ether oxygens (including phenoxy) is 1. The fourth-order valence-electron chi connectivity index (χ4n) is 0.964. The Morgan fingerprint density at radius 1 is 1.50 bits per heavy atom. The van der Waals surface area contributed by atoms with Crippen molar-refractivity contribution in [2.75, 3.05) is 0 Å². The molecule has 0 aromatic heterocycles. The van der Waals surface area contributed by atoms with Crippen molar-refractivity contribution in [3.8, 4) is 0 Å². The predicted molar refractivity (Wildman–Crippen MR) is 47.1 cm³/mol. The second-order valence-electron chi connectivity index (χ2n) is 3.60. The second kappa shape index (κ2) is 4.82. The minimum absolute atomic E-state index is 0.543. The molecule has 0 aromatic carbocycles. The van der Waals surface area contributed by atoms with Gasteiger partial charge in [-0.05, 0) is 13.8 Å². The summed E-state index contributed by atoms with van der Waals surface area (Å²) in [6, 6.07) is 0. The number of hydrogen-bond acceptors (Lipinski definition) is 3. The maximum atomic E-state index is 12.2. The first-order chi connectivity index (χ1) is 6.97. The second-order valence-corrected chi connectivity index (χ2v) is 3.60. The lowest BCUT2D eigenvalue weighted by Crippen LogP contribution is -2.45. The van der Waals surface area contributed by atoms with E-state index in [0.29, 0.717) is 6.92 Å². The first-order valence-corrected chi connectivity index (χ1v) is 4.32. The SMILES string of the molecule is C=C(F)C(=O)OC(C)CC(C)(O)C(F)(F)F. The molecule has 0 aliphatic heterocycles. The van der Waals surface area contributed by atoms with Crippen molar-refractivity contribution in [3.05, 3.63) is 12.4 Å². The number of hydrogen-bond donors (Lipinski definition) is 1. The normalized spacial score (nSPS) is 17.4. The van der Waals surface area contributed by atoms with Crippen LogP contribution >= 0.6 is 0 Å². The van der Waals surface area contributed by atoms with Gasteiger partial charge in [-0.25, -0.2) is 4.79 Å². The minimum Gasteiger partial charge on any atom is -0.457 e. The average molecular weight is 244 g/mol. The van der Waals surface area contributed by atoms with Gasteiger partial charge in [0.2, 0.25) is 5.83 Å². The molecular weight excluding hydrogens is 232 g/mol. The van der Waals surface area contributed by atoms with Gasteiger partial charge >= 0.3 is 12.1 Å². The Hall–Kier alpha value is -1.11. The van der Waals surface area contributed by atoms with Gasteiger partial charge in [0.15, 0.2) is 5.60 Å². The molecule has 0 bridgehead atoms. The van der Waals surface area contributed by atoms with Gasteiger partial charge in [0.25, 0.3) is 0 Å². The third kappa shape index (κ3) is 4.18. The number of halogens is 4. The summed E-state index contributed by atoms with van der Waals surface area (Å²) in [6.45, 7) is 4.28. The van der Waals surface area contributed by atoms with Crippen molar-refractivity contribution in [1.82, 2.24) is 0 Å². The first kappa shape index (κ1) is 14.9. The van der Waals surface area contributed by atoms with Gasteiger partial charge in [-0.1, -0.05) is 6.58 Å². The Balaban J connectivity index is 4.41. The van der Waals surface area contributed by atoms with Gasteiger partial charge < -0.3 is 9.84 Å². The molecule has 0 amide bonds. The van der Waals surface area contributed by atoms with E-state index in [0.717, 1.165) is 6.92 Å². The molecular formula is C9H12F4O3. The van der Waals surface area contributed by atoms with E-state index in [2.05, 4.69) is 11.3 Å². The zero-order valence-corrected chi connectivity index (χ0v) is 8.77. The summed E-state index contributed by atoms with van der Waals surface area (Å²) in [6.07, 6.45) is -7.01. The van der Waals surface area contributed by atoms with E-state index in [-0.39, 0.29) is 0 Å². The van der Waals surface area contributed by atoms with E-state index in [9.17, 15) is 22.4 Å². The summed E-state index contributed by atoms with van der Waals surface area (Å²) in [5.41, 5.74) is -3.00. The van der Waals surface area contributed by atoms with Crippen molar-refractivity contribution in [2.24, 2.45) is 0 Å². The van der Waals surface area contributed by atoms with Gasteiger partial charge in [0.1, 0.15) is 6.10 Å². The van der Waals surface area contributed by atoms with Gasteiger partial charge in [-0.15, -0.1) is 0 Å². The molecule has 0 rings (SSSR count). The molecule has 7 heteroatoms. The Morgan fingerprint density at radius 2 is 1.94 bits per heavy atom. The van der Waals surface area contributed by atoms with Crippen molar-refractivity contribution in [2.45, 2.75) is 38.1 Å². The highest BCUT2D eigenvalue weighted by molar-refractivity contribution is 5.85. The van der Waals surface area contributed by atoms with E-state index >= 15 is 0 Å². The van der Waals surface area contributed by atoms with Crippen molar-refractivity contribution in [1.29, 1.82) is 0 Å². The maximum absolute atomic E-state index is 12.2. The molecule has 94 valence electrons. The van der Waals surface area contributed by atoms with Crippen LogP contribution in [0.15, 0.2) is 12.4 Å². The Morgan fingerprint density at radius 3 is 2.25 bits per heavy atom. The molecule has 1 N–H and O–H groups in total. The Labute approximate surface area is 89.7 Å². The number of carbonyl (C=O) groups excluding carboxylic acids is 1. The summed E-state index contributed by atoms with van der Waals surface area (Å²) in [7, 11) is 0. The van der Waals surface area contributed by atoms with Gasteiger partial charge in [-0.2, -0.15) is 17.6 Å². The van der Waals surface area contributed by atoms with Crippen molar-refractivity contribution >= 4 is 5.97 Å². The van der Waals surface area contributed by atoms with Crippen LogP contribution in [-0.2, 0) is 9.53 Å². The molecule has 0 saturated heterocycles. The lowest BCUT2D eigenvalue weighted by atomic mass is 9.98. The molecule has 0 aliphatic carbocycles. The Bertz CT molecular complexity index is 283. The number of esters is 1. The molecule has 0 saturated carbocycles. The van der Waals surface area contributed by atoms with Crippen LogP contribution in [-0.4, -0.2) is 29.0 Å². The number of carbonyl (C=O) groups is 1. The number of aliphatic hydroxyl groups is 1. The van der Waals surface area contributed by atoms with Gasteiger partial charge in [0, 0.05) is 6.42 Å². The number of rotatable bonds is 4. The molecule has 3 nitrogen and oxygen atoms in total. The molecule has 0 radical (unpaired) electrons. The summed E-state index contributed by atoms with van der Waals surface area (Å²) < 4.78 is 53.1. The van der Waals surface area contributed by atoms with E-state index < -0.39 is 36.1 Å². The molecule has 2 atom stereocenters. The molecule has 0 heterocycles. The van der Waals surface area contributed by atoms with E-state index in [1.54, 1.807) is 0 Å². The van der Waals surface area contributed by atoms with Crippen LogP contribution in [0.1, 0.15) is 20.3 Å². The van der Waals surface area contributed by atoms with Crippen molar-refractivity contribution < 1.29 is 32.2 Å². The number of alkyl halides is 3. The van der Waals surface area contributed by atoms with Crippen LogP contribution in [0.2, 0.25) is 0 Å². The highest BCUT2D eigenvalue weighted by Crippen LogP contribution is 2.34. The fourth-order valence-corrected chi connectivity index (χ4v) is 0.964. The van der Waals surface area contributed by atoms with Gasteiger partial charge in [-0.3, -0.25) is 0 Å². The summed E-state index contributed by atoms with van der Waals surface area (Å²) in [5.74, 6) is -2.84. The molecule has 0 spiro atoms. The first-order valence-electron chi connectivity index (χ1n) is 4.32. The smallest absolute Gasteiger partial charge is 0.417 e. The van der Waals surface area contributed by atoms with Crippen LogP contribution in [0.3, 0.4) is 0 Å². The highest BCUT2D eigenvalue weighted by atomic mass is 19.4. The molecule has 0 aromatic rings. The maximum Gasteiger partial charge on any atom is 0.417 e.